The molecule has 0 fully saturated rings. The van der Waals surface area contributed by atoms with Crippen molar-refractivity contribution in [1.29, 1.82) is 0 Å². The fraction of sp³-hybridized carbons (Fsp3) is 0.524. The number of hydrogen-bond donors (Lipinski definition) is 0. The first kappa shape index (κ1) is 24.9. The van der Waals surface area contributed by atoms with Gasteiger partial charge in [0.2, 0.25) is 0 Å². The van der Waals surface area contributed by atoms with E-state index in [2.05, 4.69) is 20.5 Å². The first-order chi connectivity index (χ1) is 15.2. The monoisotopic (exact) mass is 474 g/mol. The summed E-state index contributed by atoms with van der Waals surface area (Å²) in [4.78, 5) is 5.19. The standard InChI is InChI=1S/C21H24F6N6/c1-6-32(7-2)17(18-29-30-31-33(18)19(3,4)5)13-11-15(21(25,26)27)28-16-12(13)9-8-10-14(16)20(22,23)24/h8-11,17H,6-7H2,1-5H3. The molecule has 0 spiro atoms. The topological polar surface area (TPSA) is 59.7 Å². The average molecular weight is 474 g/mol. The summed E-state index contributed by atoms with van der Waals surface area (Å²) in [5.41, 5.74) is -4.03. The SMILES string of the molecule is CCN(CC)C(c1cc(C(F)(F)F)nc2c(C(F)(F)F)cccc12)c1nnnn1C(C)(C)C. The third kappa shape index (κ3) is 4.80. The zero-order valence-corrected chi connectivity index (χ0v) is 18.8. The van der Waals surface area contributed by atoms with Crippen molar-refractivity contribution in [3.63, 3.8) is 0 Å². The maximum Gasteiger partial charge on any atom is 0.433 e. The van der Waals surface area contributed by atoms with Crippen molar-refractivity contribution in [2.75, 3.05) is 13.1 Å². The third-order valence-corrected chi connectivity index (χ3v) is 5.31. The van der Waals surface area contributed by atoms with Gasteiger partial charge < -0.3 is 0 Å². The molecule has 1 atom stereocenters. The van der Waals surface area contributed by atoms with E-state index >= 15 is 0 Å². The van der Waals surface area contributed by atoms with Crippen molar-refractivity contribution in [1.82, 2.24) is 30.1 Å². The average Bonchev–Trinajstić information content (AvgIpc) is 3.19. The van der Waals surface area contributed by atoms with E-state index in [1.807, 2.05) is 20.8 Å². The minimum Gasteiger partial charge on any atom is -0.290 e. The molecule has 3 rings (SSSR count). The maximum absolute atomic E-state index is 13.8. The van der Waals surface area contributed by atoms with Crippen LogP contribution in [0.25, 0.3) is 10.9 Å². The molecule has 0 aliphatic rings. The minimum atomic E-state index is -4.95. The molecular formula is C21H24F6N6. The van der Waals surface area contributed by atoms with Gasteiger partial charge in [-0.25, -0.2) is 9.67 Å². The Morgan fingerprint density at radius 1 is 0.970 bits per heavy atom. The lowest BCUT2D eigenvalue weighted by Crippen LogP contribution is -2.35. The molecule has 6 nitrogen and oxygen atoms in total. The van der Waals surface area contributed by atoms with Gasteiger partial charge in [-0.2, -0.15) is 26.3 Å². The molecule has 0 saturated carbocycles. The molecule has 0 radical (unpaired) electrons. The summed E-state index contributed by atoms with van der Waals surface area (Å²) >= 11 is 0. The van der Waals surface area contributed by atoms with Gasteiger partial charge >= 0.3 is 12.4 Å². The molecule has 0 N–H and O–H groups in total. The van der Waals surface area contributed by atoms with E-state index in [0.29, 0.717) is 13.1 Å². The van der Waals surface area contributed by atoms with Crippen LogP contribution in [0.4, 0.5) is 26.3 Å². The lowest BCUT2D eigenvalue weighted by atomic mass is 9.95. The van der Waals surface area contributed by atoms with Crippen LogP contribution < -0.4 is 0 Å². The van der Waals surface area contributed by atoms with Crippen LogP contribution in [0.3, 0.4) is 0 Å². The van der Waals surface area contributed by atoms with Crippen molar-refractivity contribution < 1.29 is 26.3 Å². The lowest BCUT2D eigenvalue weighted by molar-refractivity contribution is -0.142. The fourth-order valence-electron chi connectivity index (χ4n) is 3.81. The van der Waals surface area contributed by atoms with E-state index in [1.54, 1.807) is 18.7 Å². The van der Waals surface area contributed by atoms with Gasteiger partial charge in [0.1, 0.15) is 5.69 Å². The highest BCUT2D eigenvalue weighted by Gasteiger charge is 2.40. The highest BCUT2D eigenvalue weighted by molar-refractivity contribution is 5.86. The predicted molar refractivity (Wildman–Crippen MR) is 109 cm³/mol. The number of pyridine rings is 1. The number of fused-ring (bicyclic) bond motifs is 1. The van der Waals surface area contributed by atoms with Gasteiger partial charge in [0.05, 0.1) is 22.7 Å². The molecule has 2 heterocycles. The predicted octanol–water partition coefficient (Wildman–Crippen LogP) is 5.45. The number of halogens is 6. The Bertz CT molecular complexity index is 1120. The van der Waals surface area contributed by atoms with Gasteiger partial charge in [0.15, 0.2) is 5.82 Å². The molecule has 2 aromatic heterocycles. The number of para-hydroxylation sites is 1. The minimum absolute atomic E-state index is 0.00225. The molecular weight excluding hydrogens is 450 g/mol. The lowest BCUT2D eigenvalue weighted by Gasteiger charge is -2.32. The van der Waals surface area contributed by atoms with Crippen LogP contribution in [-0.4, -0.2) is 43.2 Å². The van der Waals surface area contributed by atoms with Crippen molar-refractivity contribution in [3.8, 4) is 0 Å². The van der Waals surface area contributed by atoms with Crippen molar-refractivity contribution in [2.45, 2.75) is 58.6 Å². The number of rotatable bonds is 5. The summed E-state index contributed by atoms with van der Waals surface area (Å²) in [6.07, 6.45) is -9.84. The highest BCUT2D eigenvalue weighted by atomic mass is 19.4. The molecule has 12 heteroatoms. The summed E-state index contributed by atoms with van der Waals surface area (Å²) in [6.45, 7) is 9.84. The van der Waals surface area contributed by atoms with E-state index in [1.165, 1.54) is 10.7 Å². The summed E-state index contributed by atoms with van der Waals surface area (Å²) in [5.74, 6) is 0.226. The molecule has 33 heavy (non-hydrogen) atoms. The van der Waals surface area contributed by atoms with Crippen molar-refractivity contribution >= 4 is 10.9 Å². The Kier molecular flexibility index (Phi) is 6.44. The first-order valence-electron chi connectivity index (χ1n) is 10.3. The molecule has 3 aromatic rings. The number of benzene rings is 1. The van der Waals surface area contributed by atoms with Gasteiger partial charge in [0, 0.05) is 5.39 Å². The number of tetrazole rings is 1. The van der Waals surface area contributed by atoms with Gasteiger partial charge in [-0.15, -0.1) is 5.10 Å². The van der Waals surface area contributed by atoms with Crippen LogP contribution in [0.15, 0.2) is 24.3 Å². The van der Waals surface area contributed by atoms with E-state index in [4.69, 9.17) is 0 Å². The van der Waals surface area contributed by atoms with E-state index in [-0.39, 0.29) is 16.8 Å². The van der Waals surface area contributed by atoms with Crippen LogP contribution in [0.5, 0.6) is 0 Å². The van der Waals surface area contributed by atoms with E-state index in [0.717, 1.165) is 18.2 Å². The summed E-state index contributed by atoms with van der Waals surface area (Å²) in [6, 6.07) is 3.09. The van der Waals surface area contributed by atoms with Crippen LogP contribution in [-0.2, 0) is 17.9 Å². The number of nitrogens with zero attached hydrogens (tertiary/aromatic N) is 6. The van der Waals surface area contributed by atoms with Gasteiger partial charge in [-0.3, -0.25) is 4.90 Å². The Morgan fingerprint density at radius 3 is 2.12 bits per heavy atom. The summed E-state index contributed by atoms with van der Waals surface area (Å²) in [5, 5.41) is 11.8. The van der Waals surface area contributed by atoms with Gasteiger partial charge in [-0.05, 0) is 62.0 Å². The molecule has 1 unspecified atom stereocenters. The molecule has 0 bridgehead atoms. The van der Waals surface area contributed by atoms with Crippen molar-refractivity contribution in [3.05, 3.63) is 46.9 Å². The molecule has 180 valence electrons. The van der Waals surface area contributed by atoms with Crippen LogP contribution in [0, 0.1) is 0 Å². The number of aromatic nitrogens is 5. The molecule has 0 aliphatic carbocycles. The molecule has 0 saturated heterocycles. The number of hydrogen-bond acceptors (Lipinski definition) is 5. The molecule has 1 aromatic carbocycles. The highest BCUT2D eigenvalue weighted by Crippen LogP contribution is 2.41. The number of alkyl halides is 6. The van der Waals surface area contributed by atoms with Crippen LogP contribution in [0.1, 0.15) is 63.3 Å². The third-order valence-electron chi connectivity index (χ3n) is 5.31. The maximum atomic E-state index is 13.8. The molecule has 0 amide bonds. The van der Waals surface area contributed by atoms with E-state index < -0.39 is 40.7 Å². The van der Waals surface area contributed by atoms with Gasteiger partial charge in [0.25, 0.3) is 0 Å². The van der Waals surface area contributed by atoms with Crippen LogP contribution >= 0.6 is 0 Å². The Labute approximate surface area is 186 Å². The zero-order chi connectivity index (χ0) is 24.8. The first-order valence-corrected chi connectivity index (χ1v) is 10.3. The summed E-state index contributed by atoms with van der Waals surface area (Å²) in [7, 11) is 0. The summed E-state index contributed by atoms with van der Waals surface area (Å²) < 4.78 is 83.8. The fourth-order valence-corrected chi connectivity index (χ4v) is 3.81. The Hall–Kier alpha value is -2.76. The largest absolute Gasteiger partial charge is 0.433 e. The Balaban J connectivity index is 2.47. The van der Waals surface area contributed by atoms with E-state index in [9.17, 15) is 26.3 Å². The Morgan fingerprint density at radius 2 is 1.61 bits per heavy atom. The smallest absolute Gasteiger partial charge is 0.290 e. The second kappa shape index (κ2) is 8.54. The quantitative estimate of drug-likeness (QED) is 0.461. The zero-order valence-electron chi connectivity index (χ0n) is 18.8. The second-order valence-electron chi connectivity index (χ2n) is 8.54. The van der Waals surface area contributed by atoms with Gasteiger partial charge in [-0.1, -0.05) is 26.0 Å². The second-order valence-corrected chi connectivity index (χ2v) is 8.54. The molecule has 0 aliphatic heterocycles. The normalized spacial score (nSPS) is 14.3. The van der Waals surface area contributed by atoms with Crippen LogP contribution in [0.2, 0.25) is 0 Å². The van der Waals surface area contributed by atoms with Crippen molar-refractivity contribution in [2.24, 2.45) is 0 Å².